The van der Waals surface area contributed by atoms with E-state index in [9.17, 15) is 4.79 Å². The average molecular weight is 264 g/mol. The number of likely N-dealkylation sites (tertiary alicyclic amines) is 1. The van der Waals surface area contributed by atoms with Crippen LogP contribution in [0, 0.1) is 0 Å². The fourth-order valence-electron chi connectivity index (χ4n) is 2.48. The Kier molecular flexibility index (Phi) is 4.24. The van der Waals surface area contributed by atoms with Crippen LogP contribution in [0.5, 0.6) is 0 Å². The Hall–Kier alpha value is -1.36. The SMILES string of the molecule is CC(C)n1cnc(C(=O)NC[C@@H]2CC[C@H](C)N2C)c1. The molecule has 0 aromatic carbocycles. The molecule has 1 aliphatic rings. The van der Waals surface area contributed by atoms with E-state index in [0.29, 0.717) is 30.4 Å². The van der Waals surface area contributed by atoms with Gasteiger partial charge in [0, 0.05) is 30.9 Å². The van der Waals surface area contributed by atoms with Gasteiger partial charge in [-0.2, -0.15) is 0 Å². The highest BCUT2D eigenvalue weighted by molar-refractivity contribution is 5.92. The molecule has 5 heteroatoms. The van der Waals surface area contributed by atoms with Crippen molar-refractivity contribution in [3.8, 4) is 0 Å². The van der Waals surface area contributed by atoms with Crippen molar-refractivity contribution in [3.63, 3.8) is 0 Å². The number of hydrogen-bond acceptors (Lipinski definition) is 3. The Labute approximate surface area is 115 Å². The van der Waals surface area contributed by atoms with E-state index < -0.39 is 0 Å². The van der Waals surface area contributed by atoms with Crippen LogP contribution in [0.3, 0.4) is 0 Å². The van der Waals surface area contributed by atoms with Gasteiger partial charge in [0.25, 0.3) is 5.91 Å². The lowest BCUT2D eigenvalue weighted by Gasteiger charge is -2.23. The number of imidazole rings is 1. The minimum absolute atomic E-state index is 0.0765. The summed E-state index contributed by atoms with van der Waals surface area (Å²) in [5.74, 6) is -0.0765. The van der Waals surface area contributed by atoms with Gasteiger partial charge in [-0.3, -0.25) is 9.69 Å². The molecule has 0 aliphatic carbocycles. The van der Waals surface area contributed by atoms with Crippen molar-refractivity contribution in [1.29, 1.82) is 0 Å². The molecule has 0 saturated carbocycles. The first-order valence-corrected chi connectivity index (χ1v) is 7.02. The number of likely N-dealkylation sites (N-methyl/N-ethyl adjacent to an activating group) is 1. The Morgan fingerprint density at radius 3 is 2.79 bits per heavy atom. The molecule has 106 valence electrons. The fourth-order valence-corrected chi connectivity index (χ4v) is 2.48. The summed E-state index contributed by atoms with van der Waals surface area (Å²) in [4.78, 5) is 18.5. The van der Waals surface area contributed by atoms with Crippen LogP contribution < -0.4 is 5.32 Å². The molecule has 0 unspecified atom stereocenters. The molecule has 1 fully saturated rings. The number of rotatable bonds is 4. The lowest BCUT2D eigenvalue weighted by atomic mass is 10.2. The van der Waals surface area contributed by atoms with Gasteiger partial charge in [0.2, 0.25) is 0 Å². The molecule has 0 spiro atoms. The number of amides is 1. The predicted molar refractivity (Wildman–Crippen MR) is 75.2 cm³/mol. The molecule has 19 heavy (non-hydrogen) atoms. The summed E-state index contributed by atoms with van der Waals surface area (Å²) in [5.41, 5.74) is 0.502. The third-order valence-electron chi connectivity index (χ3n) is 4.12. The van der Waals surface area contributed by atoms with E-state index in [2.05, 4.69) is 43.0 Å². The molecule has 0 radical (unpaired) electrons. The number of nitrogens with one attached hydrogen (secondary N) is 1. The number of hydrogen-bond donors (Lipinski definition) is 1. The maximum Gasteiger partial charge on any atom is 0.271 e. The maximum absolute atomic E-state index is 12.0. The highest BCUT2D eigenvalue weighted by atomic mass is 16.1. The molecule has 1 aromatic rings. The average Bonchev–Trinajstić information content (AvgIpc) is 2.97. The highest BCUT2D eigenvalue weighted by Gasteiger charge is 2.27. The van der Waals surface area contributed by atoms with Crippen LogP contribution in [0.1, 0.15) is 50.1 Å². The quantitative estimate of drug-likeness (QED) is 0.900. The van der Waals surface area contributed by atoms with Gasteiger partial charge in [-0.25, -0.2) is 4.98 Å². The lowest BCUT2D eigenvalue weighted by Crippen LogP contribution is -2.40. The normalized spacial score (nSPS) is 24.1. The smallest absolute Gasteiger partial charge is 0.271 e. The van der Waals surface area contributed by atoms with Gasteiger partial charge in [-0.05, 0) is 40.7 Å². The summed E-state index contributed by atoms with van der Waals surface area (Å²) in [6.45, 7) is 7.07. The van der Waals surface area contributed by atoms with Gasteiger partial charge in [0.15, 0.2) is 0 Å². The molecule has 1 saturated heterocycles. The van der Waals surface area contributed by atoms with Crippen LogP contribution in [0.4, 0.5) is 0 Å². The van der Waals surface area contributed by atoms with Crippen LogP contribution in [-0.4, -0.2) is 46.0 Å². The second-order valence-corrected chi connectivity index (χ2v) is 5.76. The van der Waals surface area contributed by atoms with Crippen molar-refractivity contribution >= 4 is 5.91 Å². The summed E-state index contributed by atoms with van der Waals surface area (Å²) >= 11 is 0. The molecule has 2 heterocycles. The molecule has 1 aliphatic heterocycles. The van der Waals surface area contributed by atoms with Crippen molar-refractivity contribution < 1.29 is 4.79 Å². The van der Waals surface area contributed by atoms with Crippen LogP contribution >= 0.6 is 0 Å². The molecule has 2 atom stereocenters. The Morgan fingerprint density at radius 1 is 1.53 bits per heavy atom. The molecule has 2 rings (SSSR count). The first kappa shape index (κ1) is 14.1. The van der Waals surface area contributed by atoms with Crippen LogP contribution in [-0.2, 0) is 0 Å². The second kappa shape index (κ2) is 5.74. The van der Waals surface area contributed by atoms with E-state index in [1.807, 2.05) is 4.57 Å². The highest BCUT2D eigenvalue weighted by Crippen LogP contribution is 2.20. The maximum atomic E-state index is 12.0. The number of carbonyl (C=O) groups excluding carboxylic acids is 1. The van der Waals surface area contributed by atoms with E-state index in [4.69, 9.17) is 0 Å². The monoisotopic (exact) mass is 264 g/mol. The van der Waals surface area contributed by atoms with Crippen molar-refractivity contribution in [2.45, 2.75) is 51.7 Å². The van der Waals surface area contributed by atoms with E-state index in [1.165, 1.54) is 6.42 Å². The Bertz CT molecular complexity index is 440. The zero-order valence-electron chi connectivity index (χ0n) is 12.3. The van der Waals surface area contributed by atoms with E-state index in [-0.39, 0.29) is 5.91 Å². The van der Waals surface area contributed by atoms with E-state index in [1.54, 1.807) is 12.5 Å². The van der Waals surface area contributed by atoms with Gasteiger partial charge in [0.1, 0.15) is 5.69 Å². The van der Waals surface area contributed by atoms with Crippen LogP contribution in [0.15, 0.2) is 12.5 Å². The van der Waals surface area contributed by atoms with Crippen LogP contribution in [0.25, 0.3) is 0 Å². The first-order valence-electron chi connectivity index (χ1n) is 7.02. The third-order valence-corrected chi connectivity index (χ3v) is 4.12. The summed E-state index contributed by atoms with van der Waals surface area (Å²) in [7, 11) is 2.13. The van der Waals surface area contributed by atoms with Gasteiger partial charge in [-0.15, -0.1) is 0 Å². The zero-order chi connectivity index (χ0) is 14.0. The van der Waals surface area contributed by atoms with Gasteiger partial charge in [0.05, 0.1) is 6.33 Å². The van der Waals surface area contributed by atoms with Crippen LogP contribution in [0.2, 0.25) is 0 Å². The molecule has 1 aromatic heterocycles. The predicted octanol–water partition coefficient (Wildman–Crippen LogP) is 1.68. The van der Waals surface area contributed by atoms with E-state index in [0.717, 1.165) is 6.42 Å². The topological polar surface area (TPSA) is 50.2 Å². The van der Waals surface area contributed by atoms with Gasteiger partial charge in [-0.1, -0.05) is 0 Å². The second-order valence-electron chi connectivity index (χ2n) is 5.76. The Morgan fingerprint density at radius 2 is 2.26 bits per heavy atom. The molecule has 1 amide bonds. The van der Waals surface area contributed by atoms with Gasteiger partial charge >= 0.3 is 0 Å². The van der Waals surface area contributed by atoms with E-state index >= 15 is 0 Å². The molecule has 0 bridgehead atoms. The minimum atomic E-state index is -0.0765. The summed E-state index contributed by atoms with van der Waals surface area (Å²) in [6, 6.07) is 1.39. The fraction of sp³-hybridized carbons (Fsp3) is 0.714. The first-order chi connectivity index (χ1) is 8.99. The summed E-state index contributed by atoms with van der Waals surface area (Å²) in [5, 5.41) is 2.99. The number of nitrogens with zero attached hydrogens (tertiary/aromatic N) is 3. The standard InChI is InChI=1S/C14H24N4O/c1-10(2)18-8-13(16-9-18)14(19)15-7-12-6-5-11(3)17(12)4/h8-12H,5-7H2,1-4H3,(H,15,19)/t11-,12-/m0/s1. The molecule has 5 nitrogen and oxygen atoms in total. The zero-order valence-corrected chi connectivity index (χ0v) is 12.3. The Balaban J connectivity index is 1.87. The molecular formula is C14H24N4O. The van der Waals surface area contributed by atoms with Crippen molar-refractivity contribution in [2.24, 2.45) is 0 Å². The minimum Gasteiger partial charge on any atom is -0.349 e. The number of aromatic nitrogens is 2. The molecular weight excluding hydrogens is 240 g/mol. The van der Waals surface area contributed by atoms with Gasteiger partial charge < -0.3 is 9.88 Å². The molecule has 1 N–H and O–H groups in total. The number of carbonyl (C=O) groups is 1. The summed E-state index contributed by atoms with van der Waals surface area (Å²) in [6.07, 6.45) is 5.88. The van der Waals surface area contributed by atoms with Crippen molar-refractivity contribution in [2.75, 3.05) is 13.6 Å². The third kappa shape index (κ3) is 3.15. The van der Waals surface area contributed by atoms with Crippen molar-refractivity contribution in [1.82, 2.24) is 19.8 Å². The lowest BCUT2D eigenvalue weighted by molar-refractivity contribution is 0.0936. The largest absolute Gasteiger partial charge is 0.349 e. The van der Waals surface area contributed by atoms with Crippen molar-refractivity contribution in [3.05, 3.63) is 18.2 Å². The summed E-state index contributed by atoms with van der Waals surface area (Å²) < 4.78 is 1.94.